The second-order valence-electron chi connectivity index (χ2n) is 3.58. The maximum absolute atomic E-state index is 10.6. The summed E-state index contributed by atoms with van der Waals surface area (Å²) in [7, 11) is 0. The smallest absolute Gasteiger partial charge is 0.345 e. The Morgan fingerprint density at radius 2 is 2.47 bits per heavy atom. The Balaban J connectivity index is 2.86. The van der Waals surface area contributed by atoms with Crippen LogP contribution in [0, 0.1) is 0 Å². The minimum absolute atomic E-state index is 0.0616. The predicted molar refractivity (Wildman–Crippen MR) is 56.1 cm³/mol. The first kappa shape index (κ1) is 11.7. The third kappa shape index (κ3) is 2.79. The van der Waals surface area contributed by atoms with Crippen molar-refractivity contribution in [3.8, 4) is 0 Å². The van der Waals surface area contributed by atoms with Crippen LogP contribution < -0.4 is 0 Å². The first-order valence-corrected chi connectivity index (χ1v) is 4.93. The number of carboxylic acids is 1. The summed E-state index contributed by atoms with van der Waals surface area (Å²) in [6, 6.07) is 0. The molecular formula is C10H17N2O3+. The Hall–Kier alpha value is -1.36. The van der Waals surface area contributed by atoms with E-state index in [9.17, 15) is 9.90 Å². The van der Waals surface area contributed by atoms with Gasteiger partial charge in [-0.15, -0.1) is 0 Å². The topological polar surface area (TPSA) is 63.8 Å². The fourth-order valence-electron chi connectivity index (χ4n) is 1.86. The van der Waals surface area contributed by atoms with Crippen LogP contribution in [0.15, 0.2) is 12.7 Å². The summed E-state index contributed by atoms with van der Waals surface area (Å²) < 4.78 is 1.69. The number of nitrogens with zero attached hydrogens (tertiary/aromatic N) is 2. The van der Waals surface area contributed by atoms with E-state index < -0.39 is 12.1 Å². The largest absolute Gasteiger partial charge is 0.478 e. The summed E-state index contributed by atoms with van der Waals surface area (Å²) in [5.41, 5.74) is 0. The molecule has 1 atom stereocenters. The predicted octanol–water partition coefficient (Wildman–Crippen LogP) is -0.636. The van der Waals surface area contributed by atoms with Crippen LogP contribution >= 0.6 is 0 Å². The molecule has 2 N–H and O–H groups in total. The van der Waals surface area contributed by atoms with E-state index in [0.29, 0.717) is 18.9 Å². The van der Waals surface area contributed by atoms with E-state index in [1.54, 1.807) is 17.6 Å². The van der Waals surface area contributed by atoms with Crippen molar-refractivity contribution >= 4 is 11.8 Å². The summed E-state index contributed by atoms with van der Waals surface area (Å²) in [5.74, 6) is -0.203. The Kier molecular flexibility index (Phi) is 3.85. The number of carboxylic acid groups (broad SMARTS) is 1. The normalized spacial score (nSPS) is 18.1. The number of rotatable bonds is 5. The van der Waals surface area contributed by atoms with Gasteiger partial charge in [0.05, 0.1) is 0 Å². The van der Waals surface area contributed by atoms with E-state index >= 15 is 0 Å². The molecule has 1 heterocycles. The van der Waals surface area contributed by atoms with Gasteiger partial charge in [-0.25, -0.2) is 9.37 Å². The van der Waals surface area contributed by atoms with E-state index in [0.717, 1.165) is 6.54 Å². The molecule has 1 unspecified atom stereocenters. The molecule has 1 aliphatic rings. The van der Waals surface area contributed by atoms with Crippen LogP contribution in [0.3, 0.4) is 0 Å². The number of aliphatic hydroxyl groups is 1. The lowest BCUT2D eigenvalue weighted by Gasteiger charge is -2.13. The highest BCUT2D eigenvalue weighted by Gasteiger charge is 2.33. The van der Waals surface area contributed by atoms with E-state index in [1.165, 1.54) is 0 Å². The summed E-state index contributed by atoms with van der Waals surface area (Å²) in [6.07, 6.45) is 1.10. The molecule has 0 spiro atoms. The van der Waals surface area contributed by atoms with Gasteiger partial charge in [-0.1, -0.05) is 12.7 Å². The third-order valence-electron chi connectivity index (χ3n) is 2.34. The lowest BCUT2D eigenvalue weighted by atomic mass is 10.3. The minimum atomic E-state index is -0.881. The molecule has 0 fully saturated rings. The fraction of sp³-hybridized carbons (Fsp3) is 0.600. The van der Waals surface area contributed by atoms with Crippen molar-refractivity contribution in [1.29, 1.82) is 0 Å². The van der Waals surface area contributed by atoms with Crippen molar-refractivity contribution in [2.45, 2.75) is 13.0 Å². The van der Waals surface area contributed by atoms with Crippen LogP contribution in [0.5, 0.6) is 0 Å². The van der Waals surface area contributed by atoms with Gasteiger partial charge < -0.3 is 10.2 Å². The van der Waals surface area contributed by atoms with Crippen LogP contribution in [0.25, 0.3) is 0 Å². The average Bonchev–Trinajstić information content (AvgIpc) is 2.47. The van der Waals surface area contributed by atoms with Gasteiger partial charge in [0.2, 0.25) is 0 Å². The Bertz CT molecular complexity index is 297. The molecular weight excluding hydrogens is 196 g/mol. The first-order chi connectivity index (χ1) is 7.06. The van der Waals surface area contributed by atoms with Gasteiger partial charge in [-0.2, -0.15) is 0 Å². The summed E-state index contributed by atoms with van der Waals surface area (Å²) in [6.45, 7) is 7.23. The SMILES string of the molecule is C=CCN1CC[N+](CC(=O)O)=C1C(C)O. The average molecular weight is 213 g/mol. The lowest BCUT2D eigenvalue weighted by molar-refractivity contribution is -0.510. The number of aliphatic carboxylic acids is 1. The molecule has 0 saturated heterocycles. The van der Waals surface area contributed by atoms with Gasteiger partial charge in [-0.3, -0.25) is 4.90 Å². The van der Waals surface area contributed by atoms with Gasteiger partial charge in [0.25, 0.3) is 5.84 Å². The number of hydrogen-bond acceptors (Lipinski definition) is 3. The second kappa shape index (κ2) is 4.93. The van der Waals surface area contributed by atoms with Crippen LogP contribution in [-0.4, -0.2) is 63.8 Å². The standard InChI is InChI=1S/C10H16N2O3/c1-3-4-11-5-6-12(7-9(14)15)10(11)8(2)13/h3,8,13H,1,4-7H2,2H3/p+1. The number of amidine groups is 1. The summed E-state index contributed by atoms with van der Waals surface area (Å²) in [4.78, 5) is 12.6. The zero-order valence-electron chi connectivity index (χ0n) is 8.89. The maximum Gasteiger partial charge on any atom is 0.345 e. The summed E-state index contributed by atoms with van der Waals surface area (Å²) >= 11 is 0. The van der Waals surface area contributed by atoms with Gasteiger partial charge in [0.15, 0.2) is 12.6 Å². The molecule has 0 aromatic rings. The number of carbonyl (C=O) groups is 1. The van der Waals surface area contributed by atoms with E-state index in [-0.39, 0.29) is 6.54 Å². The quantitative estimate of drug-likeness (QED) is 0.471. The molecule has 5 heteroatoms. The molecule has 0 aromatic carbocycles. The molecule has 5 nitrogen and oxygen atoms in total. The van der Waals surface area contributed by atoms with Gasteiger partial charge in [0.1, 0.15) is 19.6 Å². The van der Waals surface area contributed by atoms with Crippen molar-refractivity contribution in [3.63, 3.8) is 0 Å². The van der Waals surface area contributed by atoms with Crippen LogP contribution in [-0.2, 0) is 4.79 Å². The van der Waals surface area contributed by atoms with Gasteiger partial charge in [0, 0.05) is 0 Å². The third-order valence-corrected chi connectivity index (χ3v) is 2.34. The molecule has 15 heavy (non-hydrogen) atoms. The monoisotopic (exact) mass is 213 g/mol. The van der Waals surface area contributed by atoms with Crippen molar-refractivity contribution in [2.75, 3.05) is 26.2 Å². The van der Waals surface area contributed by atoms with E-state index in [1.807, 2.05) is 4.90 Å². The van der Waals surface area contributed by atoms with E-state index in [4.69, 9.17) is 5.11 Å². The Morgan fingerprint density at radius 3 is 2.93 bits per heavy atom. The first-order valence-electron chi connectivity index (χ1n) is 4.93. The summed E-state index contributed by atoms with van der Waals surface area (Å²) in [5, 5.41) is 18.3. The van der Waals surface area contributed by atoms with Crippen molar-refractivity contribution < 1.29 is 19.6 Å². The van der Waals surface area contributed by atoms with Gasteiger partial charge >= 0.3 is 5.97 Å². The molecule has 0 saturated carbocycles. The molecule has 0 aromatic heterocycles. The van der Waals surface area contributed by atoms with Gasteiger partial charge in [-0.05, 0) is 6.92 Å². The molecule has 0 aliphatic carbocycles. The van der Waals surface area contributed by atoms with Crippen molar-refractivity contribution in [3.05, 3.63) is 12.7 Å². The van der Waals surface area contributed by atoms with Crippen molar-refractivity contribution in [1.82, 2.24) is 4.90 Å². The number of aliphatic hydroxyl groups excluding tert-OH is 1. The minimum Gasteiger partial charge on any atom is -0.478 e. The van der Waals surface area contributed by atoms with Crippen molar-refractivity contribution in [2.24, 2.45) is 0 Å². The molecule has 0 bridgehead atoms. The fourth-order valence-corrected chi connectivity index (χ4v) is 1.86. The number of hydrogen-bond donors (Lipinski definition) is 2. The van der Waals surface area contributed by atoms with Crippen LogP contribution in [0.4, 0.5) is 0 Å². The van der Waals surface area contributed by atoms with Crippen LogP contribution in [0.1, 0.15) is 6.92 Å². The lowest BCUT2D eigenvalue weighted by Crippen LogP contribution is -2.38. The maximum atomic E-state index is 10.6. The zero-order chi connectivity index (χ0) is 11.4. The highest BCUT2D eigenvalue weighted by molar-refractivity contribution is 5.83. The Morgan fingerprint density at radius 1 is 1.80 bits per heavy atom. The van der Waals surface area contributed by atoms with E-state index in [2.05, 4.69) is 6.58 Å². The Labute approximate surface area is 88.9 Å². The molecule has 84 valence electrons. The molecule has 0 radical (unpaired) electrons. The highest BCUT2D eigenvalue weighted by Crippen LogP contribution is 2.05. The molecule has 1 aliphatic heterocycles. The molecule has 0 amide bonds. The van der Waals surface area contributed by atoms with Crippen LogP contribution in [0.2, 0.25) is 0 Å². The zero-order valence-corrected chi connectivity index (χ0v) is 8.89. The molecule has 1 rings (SSSR count). The highest BCUT2D eigenvalue weighted by atomic mass is 16.4. The second-order valence-corrected chi connectivity index (χ2v) is 3.58.